The van der Waals surface area contributed by atoms with E-state index < -0.39 is 51.4 Å². The van der Waals surface area contributed by atoms with E-state index in [2.05, 4.69) is 0 Å². The number of halogens is 1. The van der Waals surface area contributed by atoms with E-state index in [1.54, 1.807) is 34.9 Å². The van der Waals surface area contributed by atoms with Crippen LogP contribution >= 0.6 is 0 Å². The number of hydrogen-bond donors (Lipinski definition) is 3. The summed E-state index contributed by atoms with van der Waals surface area (Å²) >= 11 is 0. The van der Waals surface area contributed by atoms with Crippen molar-refractivity contribution in [1.82, 2.24) is 14.5 Å². The first-order valence-corrected chi connectivity index (χ1v) is 15.5. The van der Waals surface area contributed by atoms with Crippen molar-refractivity contribution in [1.29, 1.82) is 0 Å². The number of carbonyl (C=O) groups is 2. The zero-order valence-corrected chi connectivity index (χ0v) is 24.4. The fourth-order valence-corrected chi connectivity index (χ4v) is 7.08. The number of aliphatic carboxylic acids is 1. The van der Waals surface area contributed by atoms with Gasteiger partial charge in [-0.05, 0) is 61.6 Å². The molecule has 0 aliphatic carbocycles. The Labute approximate surface area is 244 Å². The molecule has 3 atom stereocenters. The van der Waals surface area contributed by atoms with Gasteiger partial charge in [0.1, 0.15) is 11.6 Å². The first-order valence-electron chi connectivity index (χ1n) is 13.9. The number of amides is 1. The van der Waals surface area contributed by atoms with Gasteiger partial charge in [-0.2, -0.15) is 0 Å². The smallest absolute Gasteiger partial charge is 0.305 e. The number of aromatic nitrogens is 2. The van der Waals surface area contributed by atoms with Crippen LogP contribution in [0.1, 0.15) is 61.6 Å². The number of likely N-dealkylation sites (tertiary alicyclic amines) is 1. The summed E-state index contributed by atoms with van der Waals surface area (Å²) in [4.78, 5) is 31.2. The lowest BCUT2D eigenvalue weighted by Crippen LogP contribution is -2.33. The van der Waals surface area contributed by atoms with Crippen LogP contribution in [0.15, 0.2) is 59.5 Å². The van der Waals surface area contributed by atoms with Gasteiger partial charge >= 0.3 is 5.97 Å². The second-order valence-electron chi connectivity index (χ2n) is 10.9. The number of carbonyl (C=O) groups excluding carboxylic acids is 1. The Bertz CT molecular complexity index is 1510. The molecule has 0 bridgehead atoms. The minimum absolute atomic E-state index is 0.0204. The minimum atomic E-state index is -3.64. The number of nitrogens with zero attached hydrogens (tertiary/aromatic N) is 3. The van der Waals surface area contributed by atoms with Gasteiger partial charge in [-0.1, -0.05) is 32.0 Å². The molecular weight excluding hydrogens is 565 g/mol. The van der Waals surface area contributed by atoms with Crippen molar-refractivity contribution in [2.75, 3.05) is 13.1 Å². The molecule has 226 valence electrons. The Balaban J connectivity index is 1.64. The highest BCUT2D eigenvalue weighted by atomic mass is 32.2. The summed E-state index contributed by atoms with van der Waals surface area (Å²) in [5.74, 6) is -1.85. The molecule has 1 aliphatic heterocycles. The average molecular weight is 602 g/mol. The van der Waals surface area contributed by atoms with Crippen LogP contribution in [0.4, 0.5) is 4.39 Å². The van der Waals surface area contributed by atoms with Gasteiger partial charge in [0.2, 0.25) is 0 Å². The van der Waals surface area contributed by atoms with Gasteiger partial charge in [-0.3, -0.25) is 9.59 Å². The van der Waals surface area contributed by atoms with Gasteiger partial charge in [-0.25, -0.2) is 17.8 Å². The monoisotopic (exact) mass is 601 g/mol. The number of benzene rings is 2. The molecule has 4 rings (SSSR count). The Morgan fingerprint density at radius 1 is 1.05 bits per heavy atom. The van der Waals surface area contributed by atoms with Gasteiger partial charge in [0, 0.05) is 25.2 Å². The van der Waals surface area contributed by atoms with E-state index in [0.717, 1.165) is 0 Å². The summed E-state index contributed by atoms with van der Waals surface area (Å²) in [5.41, 5.74) is 1.28. The number of aliphatic hydroxyl groups is 2. The number of rotatable bonds is 12. The molecule has 10 nitrogen and oxygen atoms in total. The third kappa shape index (κ3) is 7.05. The fourth-order valence-electron chi connectivity index (χ4n) is 5.37. The van der Waals surface area contributed by atoms with Crippen molar-refractivity contribution in [3.63, 3.8) is 0 Å². The van der Waals surface area contributed by atoms with Gasteiger partial charge < -0.3 is 24.8 Å². The zero-order chi connectivity index (χ0) is 30.6. The Hall–Kier alpha value is -3.61. The third-order valence-corrected chi connectivity index (χ3v) is 9.63. The third-order valence-electron chi connectivity index (χ3n) is 7.44. The molecule has 0 spiro atoms. The maximum Gasteiger partial charge on any atom is 0.305 e. The second kappa shape index (κ2) is 13.1. The summed E-state index contributed by atoms with van der Waals surface area (Å²) in [7, 11) is -3.64. The Morgan fingerprint density at radius 2 is 1.71 bits per heavy atom. The molecule has 0 radical (unpaired) electrons. The SMILES string of the molecule is CC(C)c1c(C(=O)N2CCC(S(=O)(=O)c3ccccc3)C2)nc(-c2ccc(F)cc2)n1CC[C@@H](O)C[C@@H](O)CC(=O)O. The van der Waals surface area contributed by atoms with E-state index in [9.17, 15) is 32.6 Å². The van der Waals surface area contributed by atoms with Crippen LogP contribution in [-0.2, 0) is 21.2 Å². The van der Waals surface area contributed by atoms with E-state index in [-0.39, 0.29) is 55.4 Å². The van der Waals surface area contributed by atoms with Crippen LogP contribution in [0, 0.1) is 5.82 Å². The normalized spacial score (nSPS) is 17.0. The highest BCUT2D eigenvalue weighted by Gasteiger charge is 2.38. The number of imidazole rings is 1. The van der Waals surface area contributed by atoms with Crippen molar-refractivity contribution in [3.05, 3.63) is 71.8 Å². The number of carboxylic acid groups (broad SMARTS) is 1. The van der Waals surface area contributed by atoms with Crippen LogP contribution in [0.3, 0.4) is 0 Å². The lowest BCUT2D eigenvalue weighted by atomic mass is 10.0. The van der Waals surface area contributed by atoms with Crippen LogP contribution in [0.5, 0.6) is 0 Å². The van der Waals surface area contributed by atoms with Crippen LogP contribution in [0.25, 0.3) is 11.4 Å². The average Bonchev–Trinajstić information content (AvgIpc) is 3.58. The summed E-state index contributed by atoms with van der Waals surface area (Å²) < 4.78 is 41.9. The molecule has 2 heterocycles. The largest absolute Gasteiger partial charge is 0.481 e. The van der Waals surface area contributed by atoms with E-state index in [0.29, 0.717) is 17.1 Å². The number of carboxylic acids is 1. The van der Waals surface area contributed by atoms with Gasteiger partial charge in [-0.15, -0.1) is 0 Å². The maximum atomic E-state index is 13.9. The molecule has 3 aromatic rings. The van der Waals surface area contributed by atoms with Gasteiger partial charge in [0.25, 0.3) is 5.91 Å². The predicted octanol–water partition coefficient (Wildman–Crippen LogP) is 3.48. The second-order valence-corrected chi connectivity index (χ2v) is 13.2. The summed E-state index contributed by atoms with van der Waals surface area (Å²) in [6, 6.07) is 13.8. The fraction of sp³-hybridized carbons (Fsp3) is 0.433. The van der Waals surface area contributed by atoms with Crippen molar-refractivity contribution in [2.45, 2.75) is 74.3 Å². The summed E-state index contributed by atoms with van der Waals surface area (Å²) in [6.07, 6.45) is -2.44. The molecule has 12 heteroatoms. The van der Waals surface area contributed by atoms with Crippen molar-refractivity contribution in [2.24, 2.45) is 0 Å². The van der Waals surface area contributed by atoms with Crippen molar-refractivity contribution < 1.29 is 37.7 Å². The van der Waals surface area contributed by atoms with Crippen LogP contribution in [0.2, 0.25) is 0 Å². The summed E-state index contributed by atoms with van der Waals surface area (Å²) in [6.45, 7) is 4.22. The number of aliphatic hydroxyl groups excluding tert-OH is 2. The molecule has 3 N–H and O–H groups in total. The van der Waals surface area contributed by atoms with Crippen LogP contribution < -0.4 is 0 Å². The molecule has 1 unspecified atom stereocenters. The highest BCUT2D eigenvalue weighted by Crippen LogP contribution is 2.31. The summed E-state index contributed by atoms with van der Waals surface area (Å²) in [5, 5.41) is 28.6. The van der Waals surface area contributed by atoms with Gasteiger partial charge in [0.05, 0.1) is 34.5 Å². The quantitative estimate of drug-likeness (QED) is 0.286. The Kier molecular flexibility index (Phi) is 9.80. The minimum Gasteiger partial charge on any atom is -0.481 e. The van der Waals surface area contributed by atoms with E-state index in [1.165, 1.54) is 29.2 Å². The van der Waals surface area contributed by atoms with Crippen molar-refractivity contribution >= 4 is 21.7 Å². The molecule has 1 amide bonds. The lowest BCUT2D eigenvalue weighted by molar-refractivity contribution is -0.139. The molecule has 2 aromatic carbocycles. The van der Waals surface area contributed by atoms with E-state index in [1.807, 2.05) is 13.8 Å². The molecule has 0 saturated carbocycles. The number of hydrogen-bond acceptors (Lipinski definition) is 7. The number of sulfone groups is 1. The van der Waals surface area contributed by atoms with Crippen LogP contribution in [-0.4, -0.2) is 80.6 Å². The molecule has 1 fully saturated rings. The Morgan fingerprint density at radius 3 is 2.33 bits per heavy atom. The molecular formula is C30H36FN3O7S. The predicted molar refractivity (Wildman–Crippen MR) is 153 cm³/mol. The van der Waals surface area contributed by atoms with E-state index in [4.69, 9.17) is 10.1 Å². The van der Waals surface area contributed by atoms with Crippen molar-refractivity contribution in [3.8, 4) is 11.4 Å². The molecule has 1 saturated heterocycles. The molecule has 42 heavy (non-hydrogen) atoms. The molecule has 1 aliphatic rings. The standard InChI is InChI=1S/C30H36FN3O7S/c1-19(2)28-27(30(39)33-14-13-25(18-33)42(40,41)24-6-4-3-5-7-24)32-29(20-8-10-21(31)11-9-20)34(28)15-12-22(35)16-23(36)17-26(37)38/h3-11,19,22-23,25,35-36H,12-18H2,1-2H3,(H,37,38)/t22-,23-,25?/m1/s1. The maximum absolute atomic E-state index is 13.9. The lowest BCUT2D eigenvalue weighted by Gasteiger charge is -2.20. The first-order chi connectivity index (χ1) is 19.9. The molecule has 1 aromatic heterocycles. The highest BCUT2D eigenvalue weighted by molar-refractivity contribution is 7.92. The van der Waals surface area contributed by atoms with E-state index >= 15 is 0 Å². The topological polar surface area (TPSA) is 150 Å². The zero-order valence-electron chi connectivity index (χ0n) is 23.6. The van der Waals surface area contributed by atoms with Gasteiger partial charge in [0.15, 0.2) is 15.5 Å². The first kappa shape index (κ1) is 31.3.